The summed E-state index contributed by atoms with van der Waals surface area (Å²) in [6.07, 6.45) is 1.44. The van der Waals surface area contributed by atoms with Crippen LogP contribution in [0.3, 0.4) is 0 Å². The summed E-state index contributed by atoms with van der Waals surface area (Å²) in [6, 6.07) is 14.7. The Morgan fingerprint density at radius 2 is 1.90 bits per heavy atom. The Hall–Kier alpha value is -2.27. The number of fused-ring (bicyclic) bond motifs is 1. The normalized spacial score (nSPS) is 12.7. The van der Waals surface area contributed by atoms with Gasteiger partial charge in [0.05, 0.1) is 7.05 Å². The quantitative estimate of drug-likeness (QED) is 0.777. The van der Waals surface area contributed by atoms with E-state index in [9.17, 15) is 0 Å². The molecule has 2 N–H and O–H groups in total. The molecule has 1 atom stereocenters. The maximum Gasteiger partial charge on any atom is 0.176 e. The van der Waals surface area contributed by atoms with E-state index in [1.807, 2.05) is 0 Å². The van der Waals surface area contributed by atoms with Gasteiger partial charge in [-0.05, 0) is 28.0 Å². The first-order valence-electron chi connectivity index (χ1n) is 6.67. The summed E-state index contributed by atoms with van der Waals surface area (Å²) in [5.41, 5.74) is 7.48. The second-order valence-corrected chi connectivity index (χ2v) is 5.00. The van der Waals surface area contributed by atoms with Crippen LogP contribution in [0.4, 0.5) is 0 Å². The van der Waals surface area contributed by atoms with Crippen molar-refractivity contribution in [3.05, 3.63) is 53.9 Å². The lowest BCUT2D eigenvalue weighted by molar-refractivity contribution is 0.615. The maximum atomic E-state index is 6.22. The van der Waals surface area contributed by atoms with E-state index in [0.29, 0.717) is 12.2 Å². The second-order valence-electron chi connectivity index (χ2n) is 5.00. The predicted molar refractivity (Wildman–Crippen MR) is 78.1 cm³/mol. The van der Waals surface area contributed by atoms with Gasteiger partial charge in [0.15, 0.2) is 5.82 Å². The standard InChI is InChI=1S/C15H17N5/c1-20-18-15(17-19-20)10-13(16)9-12-7-4-6-11-5-2-3-8-14(11)12/h2-8,13H,9-10,16H2,1H3. The van der Waals surface area contributed by atoms with Crippen LogP contribution in [0.25, 0.3) is 10.8 Å². The number of aryl methyl sites for hydroxylation is 1. The van der Waals surface area contributed by atoms with Crippen LogP contribution in [-0.4, -0.2) is 26.2 Å². The number of nitrogens with zero attached hydrogens (tertiary/aromatic N) is 4. The van der Waals surface area contributed by atoms with Crippen LogP contribution in [0.5, 0.6) is 0 Å². The number of rotatable bonds is 4. The van der Waals surface area contributed by atoms with Gasteiger partial charge in [0.2, 0.25) is 0 Å². The molecule has 2 aromatic carbocycles. The van der Waals surface area contributed by atoms with E-state index in [4.69, 9.17) is 5.73 Å². The van der Waals surface area contributed by atoms with Crippen LogP contribution in [0.15, 0.2) is 42.5 Å². The molecule has 3 aromatic rings. The van der Waals surface area contributed by atoms with Gasteiger partial charge in [0, 0.05) is 12.5 Å². The molecule has 0 aliphatic heterocycles. The van der Waals surface area contributed by atoms with Gasteiger partial charge in [0.25, 0.3) is 0 Å². The Kier molecular flexibility index (Phi) is 3.43. The van der Waals surface area contributed by atoms with Gasteiger partial charge in [-0.2, -0.15) is 4.80 Å². The van der Waals surface area contributed by atoms with Gasteiger partial charge >= 0.3 is 0 Å². The zero-order chi connectivity index (χ0) is 13.9. The first kappa shape index (κ1) is 12.7. The molecule has 0 aliphatic rings. The molecule has 102 valence electrons. The van der Waals surface area contributed by atoms with Gasteiger partial charge in [-0.25, -0.2) is 0 Å². The highest BCUT2D eigenvalue weighted by Crippen LogP contribution is 2.19. The molecule has 0 saturated carbocycles. The van der Waals surface area contributed by atoms with Crippen LogP contribution in [0.2, 0.25) is 0 Å². The van der Waals surface area contributed by atoms with Gasteiger partial charge in [0.1, 0.15) is 0 Å². The first-order valence-corrected chi connectivity index (χ1v) is 6.67. The number of hydrogen-bond acceptors (Lipinski definition) is 4. The van der Waals surface area contributed by atoms with E-state index in [1.165, 1.54) is 21.1 Å². The van der Waals surface area contributed by atoms with Crippen molar-refractivity contribution in [2.45, 2.75) is 18.9 Å². The number of aromatic nitrogens is 4. The van der Waals surface area contributed by atoms with Crippen LogP contribution >= 0.6 is 0 Å². The maximum absolute atomic E-state index is 6.22. The van der Waals surface area contributed by atoms with Crippen molar-refractivity contribution in [1.29, 1.82) is 0 Å². The van der Waals surface area contributed by atoms with Crippen molar-refractivity contribution in [1.82, 2.24) is 20.2 Å². The average molecular weight is 267 g/mol. The fourth-order valence-electron chi connectivity index (χ4n) is 2.46. The molecule has 0 aliphatic carbocycles. The van der Waals surface area contributed by atoms with E-state index < -0.39 is 0 Å². The third-order valence-electron chi connectivity index (χ3n) is 3.36. The minimum Gasteiger partial charge on any atom is -0.327 e. The molecule has 0 radical (unpaired) electrons. The van der Waals surface area contributed by atoms with Crippen molar-refractivity contribution in [2.24, 2.45) is 12.8 Å². The summed E-state index contributed by atoms with van der Waals surface area (Å²) in [4.78, 5) is 1.46. The second kappa shape index (κ2) is 5.38. The number of hydrogen-bond donors (Lipinski definition) is 1. The molecular weight excluding hydrogens is 250 g/mol. The molecule has 0 fully saturated rings. The highest BCUT2D eigenvalue weighted by molar-refractivity contribution is 5.85. The van der Waals surface area contributed by atoms with Gasteiger partial charge < -0.3 is 5.73 Å². The van der Waals surface area contributed by atoms with Crippen LogP contribution < -0.4 is 5.73 Å². The smallest absolute Gasteiger partial charge is 0.176 e. The first-order chi connectivity index (χ1) is 9.72. The van der Waals surface area contributed by atoms with E-state index in [1.54, 1.807) is 7.05 Å². The molecule has 0 amide bonds. The molecule has 1 unspecified atom stereocenters. The van der Waals surface area contributed by atoms with E-state index >= 15 is 0 Å². The average Bonchev–Trinajstić information content (AvgIpc) is 2.84. The van der Waals surface area contributed by atoms with Gasteiger partial charge in [-0.15, -0.1) is 10.2 Å². The zero-order valence-corrected chi connectivity index (χ0v) is 11.4. The fourth-order valence-corrected chi connectivity index (χ4v) is 2.46. The van der Waals surface area contributed by atoms with E-state index in [0.717, 1.165) is 6.42 Å². The lowest BCUT2D eigenvalue weighted by Gasteiger charge is -2.11. The fraction of sp³-hybridized carbons (Fsp3) is 0.267. The molecule has 3 rings (SSSR count). The Labute approximate surface area is 117 Å². The number of tetrazole rings is 1. The van der Waals surface area contributed by atoms with Crippen molar-refractivity contribution in [3.8, 4) is 0 Å². The molecule has 0 bridgehead atoms. The third-order valence-corrected chi connectivity index (χ3v) is 3.36. The topological polar surface area (TPSA) is 69.6 Å². The lowest BCUT2D eigenvalue weighted by atomic mass is 9.98. The van der Waals surface area contributed by atoms with Crippen LogP contribution in [0, 0.1) is 0 Å². The van der Waals surface area contributed by atoms with Crippen molar-refractivity contribution < 1.29 is 0 Å². The SMILES string of the molecule is Cn1nnc(CC(N)Cc2cccc3ccccc23)n1. The summed E-state index contributed by atoms with van der Waals surface area (Å²) in [5.74, 6) is 0.695. The van der Waals surface area contributed by atoms with Crippen LogP contribution in [0.1, 0.15) is 11.4 Å². The van der Waals surface area contributed by atoms with Crippen molar-refractivity contribution in [2.75, 3.05) is 0 Å². The molecule has 5 nitrogen and oxygen atoms in total. The predicted octanol–water partition coefficient (Wildman–Crippen LogP) is 1.48. The molecule has 20 heavy (non-hydrogen) atoms. The summed E-state index contributed by atoms with van der Waals surface area (Å²) >= 11 is 0. The molecule has 1 heterocycles. The van der Waals surface area contributed by atoms with E-state index in [2.05, 4.69) is 57.9 Å². The Morgan fingerprint density at radius 1 is 1.10 bits per heavy atom. The molecule has 0 spiro atoms. The third kappa shape index (κ3) is 2.67. The molecule has 1 aromatic heterocycles. The number of nitrogens with two attached hydrogens (primary N) is 1. The summed E-state index contributed by atoms with van der Waals surface area (Å²) in [5, 5.41) is 14.5. The minimum absolute atomic E-state index is 0.00925. The Morgan fingerprint density at radius 3 is 2.70 bits per heavy atom. The monoisotopic (exact) mass is 267 g/mol. The largest absolute Gasteiger partial charge is 0.327 e. The number of benzene rings is 2. The summed E-state index contributed by atoms with van der Waals surface area (Å²) < 4.78 is 0. The van der Waals surface area contributed by atoms with Crippen molar-refractivity contribution in [3.63, 3.8) is 0 Å². The lowest BCUT2D eigenvalue weighted by Crippen LogP contribution is -2.26. The van der Waals surface area contributed by atoms with E-state index in [-0.39, 0.29) is 6.04 Å². The summed E-state index contributed by atoms with van der Waals surface area (Å²) in [7, 11) is 1.76. The molecule has 0 saturated heterocycles. The highest BCUT2D eigenvalue weighted by atomic mass is 15.6. The van der Waals surface area contributed by atoms with Gasteiger partial charge in [-0.3, -0.25) is 0 Å². The van der Waals surface area contributed by atoms with Crippen LogP contribution in [-0.2, 0) is 19.9 Å². The Bertz CT molecular complexity index is 714. The summed E-state index contributed by atoms with van der Waals surface area (Å²) in [6.45, 7) is 0. The molecule has 5 heteroatoms. The van der Waals surface area contributed by atoms with Gasteiger partial charge in [-0.1, -0.05) is 42.5 Å². The zero-order valence-electron chi connectivity index (χ0n) is 11.4. The van der Waals surface area contributed by atoms with Crippen molar-refractivity contribution >= 4 is 10.8 Å². The minimum atomic E-state index is -0.00925. The molecular formula is C15H17N5. The Balaban J connectivity index is 1.79. The highest BCUT2D eigenvalue weighted by Gasteiger charge is 2.11.